The lowest BCUT2D eigenvalue weighted by Crippen LogP contribution is -2.41. The van der Waals surface area contributed by atoms with Crippen molar-refractivity contribution in [2.24, 2.45) is 24.6 Å². The van der Waals surface area contributed by atoms with Crippen molar-refractivity contribution in [3.63, 3.8) is 0 Å². The second-order valence-electron chi connectivity index (χ2n) is 9.82. The first-order valence-corrected chi connectivity index (χ1v) is 12.7. The van der Waals surface area contributed by atoms with E-state index in [0.29, 0.717) is 30.2 Å². The number of carbonyl (C=O) groups is 1. The largest absolute Gasteiger partial charge is 0.458 e. The van der Waals surface area contributed by atoms with Gasteiger partial charge in [0.15, 0.2) is 11.5 Å². The average Bonchev–Trinajstić information content (AvgIpc) is 3.42. The molecular formula is C25H30BrN7O4. The number of nitrogens with zero attached hydrogens (tertiary/aromatic N) is 5. The number of carbonyl (C=O) groups excluding carboxylic acids is 1. The number of ether oxygens (including phenoxy) is 1. The van der Waals surface area contributed by atoms with E-state index in [1.165, 1.54) is 13.8 Å². The number of nitrogens with one attached hydrogen (secondary N) is 1. The van der Waals surface area contributed by atoms with Gasteiger partial charge in [-0.3, -0.25) is 23.4 Å². The van der Waals surface area contributed by atoms with E-state index in [1.54, 1.807) is 37.4 Å². The highest BCUT2D eigenvalue weighted by Crippen LogP contribution is 2.27. The molecule has 3 heterocycles. The van der Waals surface area contributed by atoms with E-state index in [1.807, 2.05) is 27.7 Å². The molecule has 1 atom stereocenters. The van der Waals surface area contributed by atoms with Crippen molar-refractivity contribution in [3.8, 4) is 17.4 Å². The fraction of sp³-hybridized carbons (Fsp3) is 0.400. The number of nitrogens with two attached hydrogens (primary N) is 1. The van der Waals surface area contributed by atoms with E-state index < -0.39 is 17.6 Å². The van der Waals surface area contributed by atoms with Crippen LogP contribution in [0.15, 0.2) is 44.4 Å². The maximum Gasteiger partial charge on any atom is 0.332 e. The monoisotopic (exact) mass is 571 g/mol. The zero-order valence-corrected chi connectivity index (χ0v) is 22.9. The van der Waals surface area contributed by atoms with Gasteiger partial charge in [0.05, 0.1) is 0 Å². The number of benzene rings is 1. The van der Waals surface area contributed by atoms with E-state index in [0.717, 1.165) is 4.47 Å². The van der Waals surface area contributed by atoms with Crippen molar-refractivity contribution in [1.29, 1.82) is 0 Å². The van der Waals surface area contributed by atoms with Crippen LogP contribution in [0, 0.1) is 11.8 Å². The molecule has 0 aliphatic heterocycles. The van der Waals surface area contributed by atoms with Crippen LogP contribution in [0.25, 0.3) is 22.7 Å². The Kier molecular flexibility index (Phi) is 7.39. The molecule has 0 radical (unpaired) electrons. The van der Waals surface area contributed by atoms with E-state index in [9.17, 15) is 14.4 Å². The number of primary amides is 1. The number of halogens is 1. The van der Waals surface area contributed by atoms with E-state index in [-0.39, 0.29) is 34.6 Å². The van der Waals surface area contributed by atoms with Crippen molar-refractivity contribution >= 4 is 33.0 Å². The summed E-state index contributed by atoms with van der Waals surface area (Å²) in [5.41, 5.74) is 6.40. The van der Waals surface area contributed by atoms with Gasteiger partial charge >= 0.3 is 5.69 Å². The number of aromatic nitrogens is 6. The van der Waals surface area contributed by atoms with Gasteiger partial charge in [0.1, 0.15) is 11.2 Å². The summed E-state index contributed by atoms with van der Waals surface area (Å²) in [7, 11) is 1.69. The minimum atomic E-state index is -1.05. The third-order valence-electron chi connectivity index (χ3n) is 5.73. The molecule has 1 aromatic carbocycles. The number of imidazole rings is 1. The van der Waals surface area contributed by atoms with Crippen LogP contribution in [0.3, 0.4) is 0 Å². The Morgan fingerprint density at radius 1 is 1.08 bits per heavy atom. The molecule has 4 rings (SSSR count). The lowest BCUT2D eigenvalue weighted by atomic mass is 10.1. The molecule has 0 aliphatic carbocycles. The summed E-state index contributed by atoms with van der Waals surface area (Å²) in [5.74, 6) is 0.101. The van der Waals surface area contributed by atoms with Crippen LogP contribution in [0.4, 0.5) is 0 Å². The molecule has 3 aromatic heterocycles. The van der Waals surface area contributed by atoms with Gasteiger partial charge < -0.3 is 15.5 Å². The Morgan fingerprint density at radius 3 is 2.30 bits per heavy atom. The fourth-order valence-electron chi connectivity index (χ4n) is 4.11. The molecule has 1 unspecified atom stereocenters. The van der Waals surface area contributed by atoms with Gasteiger partial charge in [0, 0.05) is 36.2 Å². The van der Waals surface area contributed by atoms with Gasteiger partial charge in [-0.1, -0.05) is 55.8 Å². The van der Waals surface area contributed by atoms with Crippen LogP contribution in [0.5, 0.6) is 5.88 Å². The minimum absolute atomic E-state index is 0.110. The van der Waals surface area contributed by atoms with Gasteiger partial charge in [-0.2, -0.15) is 0 Å². The Bertz CT molecular complexity index is 1560. The minimum Gasteiger partial charge on any atom is -0.458 e. The van der Waals surface area contributed by atoms with Gasteiger partial charge in [-0.05, 0) is 24.0 Å². The number of hydrogen-bond acceptors (Lipinski definition) is 6. The topological polar surface area (TPSA) is 143 Å². The van der Waals surface area contributed by atoms with E-state index in [2.05, 4.69) is 31.0 Å². The highest BCUT2D eigenvalue weighted by atomic mass is 79.9. The molecule has 0 fully saturated rings. The third-order valence-corrected chi connectivity index (χ3v) is 6.26. The number of amides is 1. The molecule has 0 saturated carbocycles. The Hall–Kier alpha value is -3.67. The molecule has 196 valence electrons. The highest BCUT2D eigenvalue weighted by Gasteiger charge is 2.24. The number of H-pyrrole nitrogens is 1. The van der Waals surface area contributed by atoms with E-state index >= 15 is 0 Å². The maximum absolute atomic E-state index is 13.2. The van der Waals surface area contributed by atoms with Gasteiger partial charge in [-0.15, -0.1) is 5.10 Å². The second-order valence-corrected chi connectivity index (χ2v) is 10.7. The van der Waals surface area contributed by atoms with Gasteiger partial charge in [0.25, 0.3) is 11.5 Å². The lowest BCUT2D eigenvalue weighted by Gasteiger charge is -2.14. The van der Waals surface area contributed by atoms with Crippen LogP contribution in [-0.4, -0.2) is 34.8 Å². The van der Waals surface area contributed by atoms with Crippen molar-refractivity contribution < 1.29 is 9.53 Å². The maximum atomic E-state index is 13.2. The zero-order chi connectivity index (χ0) is 27.0. The predicted octanol–water partition coefficient (Wildman–Crippen LogP) is 2.97. The van der Waals surface area contributed by atoms with Crippen LogP contribution in [-0.2, 0) is 24.9 Å². The Balaban J connectivity index is 1.78. The van der Waals surface area contributed by atoms with Crippen LogP contribution < -0.4 is 21.7 Å². The summed E-state index contributed by atoms with van der Waals surface area (Å²) in [4.78, 5) is 46.3. The second kappa shape index (κ2) is 10.4. The quantitative estimate of drug-likeness (QED) is 0.316. The first-order chi connectivity index (χ1) is 17.5. The Labute approximate surface area is 221 Å². The van der Waals surface area contributed by atoms with E-state index in [4.69, 9.17) is 10.5 Å². The zero-order valence-electron chi connectivity index (χ0n) is 21.4. The molecule has 0 saturated heterocycles. The predicted molar refractivity (Wildman–Crippen MR) is 143 cm³/mol. The van der Waals surface area contributed by atoms with Crippen molar-refractivity contribution in [2.75, 3.05) is 0 Å². The number of aryl methyl sites for hydroxylation is 1. The molecule has 37 heavy (non-hydrogen) atoms. The number of aromatic amines is 1. The number of fused-ring (bicyclic) bond motifs is 1. The first-order valence-electron chi connectivity index (χ1n) is 12.0. The molecule has 12 heteroatoms. The molecule has 4 aromatic rings. The summed E-state index contributed by atoms with van der Waals surface area (Å²) in [6, 6.07) is 8.65. The number of rotatable bonds is 9. The normalized spacial score (nSPS) is 12.5. The van der Waals surface area contributed by atoms with Crippen LogP contribution in [0.2, 0.25) is 0 Å². The van der Waals surface area contributed by atoms with Crippen molar-refractivity contribution in [2.45, 2.75) is 46.9 Å². The molecular weight excluding hydrogens is 542 g/mol. The Morgan fingerprint density at radius 2 is 1.70 bits per heavy atom. The van der Waals surface area contributed by atoms with Crippen molar-refractivity contribution in [3.05, 3.63) is 61.2 Å². The molecule has 0 spiro atoms. The molecule has 1 amide bonds. The highest BCUT2D eigenvalue weighted by molar-refractivity contribution is 9.10. The van der Waals surface area contributed by atoms with Gasteiger partial charge in [-0.25, -0.2) is 9.78 Å². The molecule has 0 bridgehead atoms. The summed E-state index contributed by atoms with van der Waals surface area (Å²) >= 11 is 3.37. The number of hydrogen-bond donors (Lipinski definition) is 2. The summed E-state index contributed by atoms with van der Waals surface area (Å²) in [6.07, 6.45) is -1.05. The fourth-order valence-corrected chi connectivity index (χ4v) is 4.38. The lowest BCUT2D eigenvalue weighted by molar-refractivity contribution is -0.125. The summed E-state index contributed by atoms with van der Waals surface area (Å²) in [5, 5.41) is 4.36. The average molecular weight is 572 g/mol. The van der Waals surface area contributed by atoms with Crippen LogP contribution in [0.1, 0.15) is 39.4 Å². The molecule has 0 aliphatic rings. The van der Waals surface area contributed by atoms with Gasteiger partial charge in [0.2, 0.25) is 12.0 Å². The van der Waals surface area contributed by atoms with Crippen LogP contribution >= 0.6 is 15.9 Å². The standard InChI is InChI=1S/C25H30BrN7O4/c1-13(2)11-32-23-19(24(35)33(25(32)36)12-14(3)4)28-22(29-23)17-10-18(30-31(17)5)37-20(21(27)34)15-6-8-16(26)9-7-15/h6-10,13-14,20H,11-12H2,1-5H3,(H2,27,34)(H,28,29). The third kappa shape index (κ3) is 5.38. The summed E-state index contributed by atoms with van der Waals surface area (Å²) < 4.78 is 11.0. The summed E-state index contributed by atoms with van der Waals surface area (Å²) in [6.45, 7) is 8.60. The SMILES string of the molecule is CC(C)Cn1c(=O)c2[nH]c(-c3cc(OC(C(N)=O)c4ccc(Br)cc4)nn3C)nc2n(CC(C)C)c1=O. The van der Waals surface area contributed by atoms with Crippen molar-refractivity contribution in [1.82, 2.24) is 28.9 Å². The molecule has 11 nitrogen and oxygen atoms in total. The first kappa shape index (κ1) is 26.4. The smallest absolute Gasteiger partial charge is 0.332 e. The molecule has 3 N–H and O–H groups in total.